The Morgan fingerprint density at radius 1 is 0.879 bits per heavy atom. The van der Waals surface area contributed by atoms with Gasteiger partial charge in [0.15, 0.2) is 5.82 Å². The van der Waals surface area contributed by atoms with Crippen LogP contribution in [0.1, 0.15) is 11.3 Å². The normalized spacial score (nSPS) is 11.3. The molecule has 2 aromatic heterocycles. The molecule has 0 aliphatic rings. The average Bonchev–Trinajstić information content (AvgIpc) is 3.15. The zero-order valence-electron chi connectivity index (χ0n) is 18.5. The highest BCUT2D eigenvalue weighted by Crippen LogP contribution is 2.37. The molecule has 0 spiro atoms. The van der Waals surface area contributed by atoms with Gasteiger partial charge in [-0.2, -0.15) is 9.97 Å². The zero-order chi connectivity index (χ0) is 23.6. The molecule has 0 bridgehead atoms. The minimum absolute atomic E-state index is 0.0139. The van der Waals surface area contributed by atoms with E-state index < -0.39 is 10.0 Å². The Hall–Kier alpha value is -3.92. The van der Waals surface area contributed by atoms with Gasteiger partial charge in [0.1, 0.15) is 4.90 Å². The molecule has 0 unspecified atom stereocenters. The van der Waals surface area contributed by atoms with Crippen LogP contribution in [0.25, 0.3) is 22.5 Å². The third-order valence-corrected chi connectivity index (χ3v) is 6.52. The lowest BCUT2D eigenvalue weighted by atomic mass is 10.0. The van der Waals surface area contributed by atoms with Crippen LogP contribution < -0.4 is 14.2 Å². The van der Waals surface area contributed by atoms with Gasteiger partial charge in [0, 0.05) is 16.7 Å². The molecule has 0 saturated carbocycles. The lowest BCUT2D eigenvalue weighted by Gasteiger charge is -2.16. The molecule has 2 heterocycles. The first-order valence-electron chi connectivity index (χ1n) is 9.95. The first kappa shape index (κ1) is 22.3. The van der Waals surface area contributed by atoms with E-state index in [9.17, 15) is 8.42 Å². The van der Waals surface area contributed by atoms with Gasteiger partial charge in [0.2, 0.25) is 17.6 Å². The Bertz CT molecular complexity index is 1380. The molecule has 9 nitrogen and oxygen atoms in total. The summed E-state index contributed by atoms with van der Waals surface area (Å²) >= 11 is 0. The number of hydrogen-bond donors (Lipinski definition) is 1. The number of benzene rings is 2. The van der Waals surface area contributed by atoms with Gasteiger partial charge in [-0.25, -0.2) is 13.1 Å². The first-order valence-corrected chi connectivity index (χ1v) is 11.4. The van der Waals surface area contributed by atoms with Crippen LogP contribution in [0.5, 0.6) is 11.8 Å². The van der Waals surface area contributed by atoms with Crippen molar-refractivity contribution in [2.45, 2.75) is 18.7 Å². The van der Waals surface area contributed by atoms with Crippen molar-refractivity contribution in [3.05, 3.63) is 65.9 Å². The van der Waals surface area contributed by atoms with E-state index in [-0.39, 0.29) is 33.9 Å². The van der Waals surface area contributed by atoms with Gasteiger partial charge >= 0.3 is 0 Å². The quantitative estimate of drug-likeness (QED) is 0.430. The molecule has 0 fully saturated rings. The smallest absolute Gasteiger partial charge is 0.265 e. The summed E-state index contributed by atoms with van der Waals surface area (Å²) < 4.78 is 45.7. The van der Waals surface area contributed by atoms with Crippen LogP contribution in [-0.2, 0) is 10.0 Å². The van der Waals surface area contributed by atoms with Crippen molar-refractivity contribution in [3.63, 3.8) is 0 Å². The summed E-state index contributed by atoms with van der Waals surface area (Å²) in [5, 5.41) is 3.84. The van der Waals surface area contributed by atoms with E-state index in [0.29, 0.717) is 22.4 Å². The number of aromatic nitrogens is 3. The second-order valence-corrected chi connectivity index (χ2v) is 8.77. The number of ether oxygens (including phenoxy) is 2. The molecule has 10 heteroatoms. The topological polar surface area (TPSA) is 116 Å². The fourth-order valence-corrected chi connectivity index (χ4v) is 4.73. The second kappa shape index (κ2) is 8.91. The Morgan fingerprint density at radius 3 is 2.09 bits per heavy atom. The monoisotopic (exact) mass is 466 g/mol. The molecule has 0 aliphatic heterocycles. The number of nitrogens with one attached hydrogen (secondary N) is 1. The molecule has 4 aromatic rings. The summed E-state index contributed by atoms with van der Waals surface area (Å²) in [6, 6.07) is 15.8. The predicted octanol–water partition coefficient (Wildman–Crippen LogP) is 4.23. The van der Waals surface area contributed by atoms with Crippen LogP contribution in [0.4, 0.5) is 5.88 Å². The van der Waals surface area contributed by atoms with E-state index in [1.165, 1.54) is 20.3 Å². The van der Waals surface area contributed by atoms with Gasteiger partial charge < -0.3 is 14.0 Å². The molecule has 0 atom stereocenters. The van der Waals surface area contributed by atoms with Crippen molar-refractivity contribution >= 4 is 15.9 Å². The van der Waals surface area contributed by atoms with E-state index in [0.717, 1.165) is 0 Å². The number of sulfonamides is 1. The predicted molar refractivity (Wildman–Crippen MR) is 123 cm³/mol. The maximum absolute atomic E-state index is 13.7. The highest BCUT2D eigenvalue weighted by Gasteiger charge is 2.28. The zero-order valence-corrected chi connectivity index (χ0v) is 19.3. The number of nitrogens with zero attached hydrogens (tertiary/aromatic N) is 3. The summed E-state index contributed by atoms with van der Waals surface area (Å²) in [6.07, 6.45) is 0. The molecule has 1 N–H and O–H groups in total. The molecule has 33 heavy (non-hydrogen) atoms. The van der Waals surface area contributed by atoms with E-state index in [4.69, 9.17) is 14.0 Å². The fourth-order valence-electron chi connectivity index (χ4n) is 3.26. The summed E-state index contributed by atoms with van der Waals surface area (Å²) in [7, 11) is -1.25. The van der Waals surface area contributed by atoms with Crippen molar-refractivity contribution < 1.29 is 22.4 Å². The van der Waals surface area contributed by atoms with Gasteiger partial charge in [0.05, 0.1) is 26.0 Å². The molecule has 4 rings (SSSR count). The van der Waals surface area contributed by atoms with E-state index >= 15 is 0 Å². The van der Waals surface area contributed by atoms with Crippen LogP contribution in [0.3, 0.4) is 0 Å². The molecule has 2 aromatic carbocycles. The molecule has 0 aliphatic carbocycles. The van der Waals surface area contributed by atoms with Crippen LogP contribution in [0, 0.1) is 13.8 Å². The van der Waals surface area contributed by atoms with Crippen LogP contribution in [0.15, 0.2) is 64.0 Å². The lowest BCUT2D eigenvalue weighted by Crippen LogP contribution is -2.16. The number of rotatable bonds is 7. The van der Waals surface area contributed by atoms with E-state index in [1.54, 1.807) is 32.0 Å². The van der Waals surface area contributed by atoms with Gasteiger partial charge in [-0.1, -0.05) is 47.6 Å². The van der Waals surface area contributed by atoms with Gasteiger partial charge in [-0.05, 0) is 25.5 Å². The first-order chi connectivity index (χ1) is 15.8. The van der Waals surface area contributed by atoms with Crippen LogP contribution >= 0.6 is 0 Å². The molecular weight excluding hydrogens is 444 g/mol. The summed E-state index contributed by atoms with van der Waals surface area (Å²) in [4.78, 5) is 8.72. The molecule has 0 amide bonds. The van der Waals surface area contributed by atoms with Crippen molar-refractivity contribution in [2.75, 3.05) is 18.9 Å². The Balaban J connectivity index is 1.98. The van der Waals surface area contributed by atoms with Crippen molar-refractivity contribution in [3.8, 4) is 34.3 Å². The summed E-state index contributed by atoms with van der Waals surface area (Å²) in [5.74, 6) is 0.653. The number of anilines is 1. The Labute approximate surface area is 191 Å². The summed E-state index contributed by atoms with van der Waals surface area (Å²) in [5.41, 5.74) is 2.64. The fraction of sp³-hybridized carbons (Fsp3) is 0.174. The van der Waals surface area contributed by atoms with Crippen molar-refractivity contribution in [2.24, 2.45) is 0 Å². The van der Waals surface area contributed by atoms with E-state index in [1.807, 2.05) is 30.3 Å². The SMILES string of the molecule is COc1cc(OC)nc(-c2cccc(-c3ccccc3)c2S(=O)(=O)Nc2onc(C)c2C)n1. The van der Waals surface area contributed by atoms with Gasteiger partial charge in [-0.15, -0.1) is 0 Å². The number of methoxy groups -OCH3 is 2. The maximum atomic E-state index is 13.7. The van der Waals surface area contributed by atoms with Crippen LogP contribution in [0.2, 0.25) is 0 Å². The molecule has 0 radical (unpaired) electrons. The Kier molecular flexibility index (Phi) is 6.01. The third kappa shape index (κ3) is 4.37. The maximum Gasteiger partial charge on any atom is 0.265 e. The minimum Gasteiger partial charge on any atom is -0.481 e. The highest BCUT2D eigenvalue weighted by atomic mass is 32.2. The van der Waals surface area contributed by atoms with Gasteiger partial charge in [-0.3, -0.25) is 0 Å². The standard InChI is InChI=1S/C23H22N4O5S/c1-14-15(2)26-32-23(14)27-33(28,29)21-17(16-9-6-5-7-10-16)11-8-12-18(21)22-24-19(30-3)13-20(25-22)31-4/h5-13,27H,1-4H3. The van der Waals surface area contributed by atoms with E-state index in [2.05, 4.69) is 19.8 Å². The minimum atomic E-state index is -4.16. The van der Waals surface area contributed by atoms with Gasteiger partial charge in [0.25, 0.3) is 10.0 Å². The van der Waals surface area contributed by atoms with Crippen molar-refractivity contribution in [1.82, 2.24) is 15.1 Å². The molecule has 170 valence electrons. The highest BCUT2D eigenvalue weighted by molar-refractivity contribution is 7.93. The third-order valence-electron chi connectivity index (χ3n) is 5.09. The summed E-state index contributed by atoms with van der Waals surface area (Å²) in [6.45, 7) is 3.46. The number of aryl methyl sites for hydroxylation is 1. The van der Waals surface area contributed by atoms with Crippen LogP contribution in [-0.4, -0.2) is 37.8 Å². The molecule has 0 saturated heterocycles. The molecular formula is C23H22N4O5S. The average molecular weight is 467 g/mol. The Morgan fingerprint density at radius 2 is 1.52 bits per heavy atom. The largest absolute Gasteiger partial charge is 0.481 e. The lowest BCUT2D eigenvalue weighted by molar-refractivity contribution is 0.372. The number of hydrogen-bond acceptors (Lipinski definition) is 8. The second-order valence-electron chi connectivity index (χ2n) is 7.15. The van der Waals surface area contributed by atoms with Crippen molar-refractivity contribution in [1.29, 1.82) is 0 Å².